The third-order valence-electron chi connectivity index (χ3n) is 4.61. The van der Waals surface area contributed by atoms with Gasteiger partial charge in [-0.25, -0.2) is 0 Å². The molecule has 3 rings (SSSR count). The summed E-state index contributed by atoms with van der Waals surface area (Å²) < 4.78 is 0. The second kappa shape index (κ2) is 9.00. The van der Waals surface area contributed by atoms with Crippen molar-refractivity contribution in [1.29, 1.82) is 0 Å². The van der Waals surface area contributed by atoms with Crippen LogP contribution in [0.5, 0.6) is 0 Å². The Balaban J connectivity index is 1.73. The second-order valence-corrected chi connectivity index (χ2v) is 7.47. The Bertz CT molecular complexity index is 968. The minimum absolute atomic E-state index is 0.138. The van der Waals surface area contributed by atoms with E-state index in [0.29, 0.717) is 16.3 Å². The summed E-state index contributed by atoms with van der Waals surface area (Å²) in [5.74, 6) is -0.138. The lowest BCUT2D eigenvalue weighted by molar-refractivity contribution is 0.102. The summed E-state index contributed by atoms with van der Waals surface area (Å²) in [7, 11) is 4.12. The van der Waals surface area contributed by atoms with Crippen molar-refractivity contribution < 1.29 is 4.79 Å². The first kappa shape index (κ1) is 20.1. The first-order valence-corrected chi connectivity index (χ1v) is 9.58. The van der Waals surface area contributed by atoms with E-state index in [9.17, 15) is 4.79 Å². The molecule has 0 aliphatic heterocycles. The number of anilines is 1. The van der Waals surface area contributed by atoms with Crippen LogP contribution in [0, 0.1) is 6.92 Å². The highest BCUT2D eigenvalue weighted by atomic mass is 35.5. The fourth-order valence-corrected chi connectivity index (χ4v) is 3.17. The van der Waals surface area contributed by atoms with Crippen LogP contribution in [0.4, 0.5) is 5.69 Å². The minimum Gasteiger partial charge on any atom is -0.322 e. The van der Waals surface area contributed by atoms with Crippen LogP contribution in [-0.2, 0) is 6.42 Å². The van der Waals surface area contributed by atoms with Crippen molar-refractivity contribution in [2.75, 3.05) is 26.0 Å². The van der Waals surface area contributed by atoms with Gasteiger partial charge in [-0.3, -0.25) is 9.78 Å². The number of rotatable bonds is 6. The molecule has 0 atom stereocenters. The maximum absolute atomic E-state index is 12.6. The van der Waals surface area contributed by atoms with Crippen LogP contribution in [-0.4, -0.2) is 36.4 Å². The van der Waals surface area contributed by atoms with Crippen LogP contribution in [0.1, 0.15) is 21.5 Å². The molecule has 0 bridgehead atoms. The number of pyridine rings is 1. The van der Waals surface area contributed by atoms with E-state index in [0.717, 1.165) is 24.2 Å². The number of carbonyl (C=O) groups excluding carboxylic acids is 1. The first-order chi connectivity index (χ1) is 13.4. The molecular weight excluding hydrogens is 370 g/mol. The van der Waals surface area contributed by atoms with E-state index < -0.39 is 0 Å². The van der Waals surface area contributed by atoms with E-state index in [2.05, 4.69) is 42.3 Å². The molecule has 3 aromatic rings. The van der Waals surface area contributed by atoms with E-state index in [1.807, 2.05) is 24.3 Å². The lowest BCUT2D eigenvalue weighted by atomic mass is 10.0. The minimum atomic E-state index is -0.138. The third-order valence-corrected chi connectivity index (χ3v) is 4.92. The van der Waals surface area contributed by atoms with Gasteiger partial charge in [-0.15, -0.1) is 0 Å². The number of likely N-dealkylation sites (N-methyl/N-ethyl adjacent to an activating group) is 1. The summed E-state index contributed by atoms with van der Waals surface area (Å²) >= 11 is 6.20. The van der Waals surface area contributed by atoms with E-state index in [4.69, 9.17) is 11.6 Å². The zero-order valence-electron chi connectivity index (χ0n) is 16.4. The third kappa shape index (κ3) is 4.97. The number of nitrogens with one attached hydrogen (secondary N) is 1. The summed E-state index contributed by atoms with van der Waals surface area (Å²) in [4.78, 5) is 19.1. The molecule has 0 aliphatic carbocycles. The van der Waals surface area contributed by atoms with Crippen molar-refractivity contribution >= 4 is 23.2 Å². The predicted octanol–water partition coefficient (Wildman–Crippen LogP) is 5.07. The summed E-state index contributed by atoms with van der Waals surface area (Å²) in [5.41, 5.74) is 5.46. The molecule has 0 saturated heterocycles. The van der Waals surface area contributed by atoms with Gasteiger partial charge in [-0.05, 0) is 75.0 Å². The molecule has 0 aliphatic rings. The lowest BCUT2D eigenvalue weighted by Crippen LogP contribution is -2.16. The molecule has 1 aromatic heterocycles. The summed E-state index contributed by atoms with van der Waals surface area (Å²) in [6.07, 6.45) is 2.65. The molecule has 0 saturated carbocycles. The van der Waals surface area contributed by atoms with Crippen LogP contribution in [0.15, 0.2) is 60.8 Å². The fourth-order valence-electron chi connectivity index (χ4n) is 2.94. The lowest BCUT2D eigenvalue weighted by Gasteiger charge is -2.13. The van der Waals surface area contributed by atoms with Gasteiger partial charge in [-0.1, -0.05) is 29.8 Å². The molecule has 144 valence electrons. The molecule has 0 spiro atoms. The van der Waals surface area contributed by atoms with Gasteiger partial charge in [0.1, 0.15) is 0 Å². The molecule has 28 heavy (non-hydrogen) atoms. The first-order valence-electron chi connectivity index (χ1n) is 9.20. The van der Waals surface area contributed by atoms with E-state index in [1.54, 1.807) is 30.5 Å². The summed E-state index contributed by atoms with van der Waals surface area (Å²) in [6, 6.07) is 16.9. The molecule has 1 N–H and O–H groups in total. The Kier molecular flexibility index (Phi) is 6.45. The molecular formula is C23H24ClN3O. The van der Waals surface area contributed by atoms with Gasteiger partial charge in [-0.2, -0.15) is 0 Å². The summed E-state index contributed by atoms with van der Waals surface area (Å²) in [6.45, 7) is 3.06. The molecule has 5 heteroatoms. The van der Waals surface area contributed by atoms with E-state index >= 15 is 0 Å². The normalized spacial score (nSPS) is 10.9. The smallest absolute Gasteiger partial charge is 0.255 e. The predicted molar refractivity (Wildman–Crippen MR) is 116 cm³/mol. The molecule has 2 aromatic carbocycles. The zero-order valence-corrected chi connectivity index (χ0v) is 17.1. The number of hydrogen-bond acceptors (Lipinski definition) is 3. The van der Waals surface area contributed by atoms with Gasteiger partial charge in [0.15, 0.2) is 0 Å². The number of aromatic nitrogens is 1. The van der Waals surface area contributed by atoms with Crippen LogP contribution >= 0.6 is 11.6 Å². The van der Waals surface area contributed by atoms with Crippen molar-refractivity contribution in [3.8, 4) is 11.3 Å². The molecule has 1 heterocycles. The number of aryl methyl sites for hydroxylation is 1. The monoisotopic (exact) mass is 393 g/mol. The number of halogens is 1. The van der Waals surface area contributed by atoms with Crippen molar-refractivity contribution in [3.63, 3.8) is 0 Å². The average molecular weight is 394 g/mol. The van der Waals surface area contributed by atoms with Crippen molar-refractivity contribution in [2.45, 2.75) is 13.3 Å². The van der Waals surface area contributed by atoms with E-state index in [1.165, 1.54) is 11.1 Å². The Morgan fingerprint density at radius 1 is 1.11 bits per heavy atom. The van der Waals surface area contributed by atoms with Crippen LogP contribution in [0.3, 0.4) is 0 Å². The number of amides is 1. The Morgan fingerprint density at radius 2 is 1.86 bits per heavy atom. The zero-order chi connectivity index (χ0) is 20.1. The standard InChI is InChI=1S/C23H24ClN3O/c1-16-6-11-20(15-19(16)12-14-27(2)3)26-23(28)18-9-7-17(8-10-18)22-21(24)5-4-13-25-22/h4-11,13,15H,12,14H2,1-3H3,(H,26,28). The molecule has 0 radical (unpaired) electrons. The van der Waals surface area contributed by atoms with Gasteiger partial charge in [0.05, 0.1) is 10.7 Å². The maximum atomic E-state index is 12.6. The highest BCUT2D eigenvalue weighted by Gasteiger charge is 2.10. The van der Waals surface area contributed by atoms with Gasteiger partial charge in [0.25, 0.3) is 5.91 Å². The second-order valence-electron chi connectivity index (χ2n) is 7.06. The number of benzene rings is 2. The van der Waals surface area contributed by atoms with Crippen LogP contribution < -0.4 is 5.32 Å². The van der Waals surface area contributed by atoms with Crippen molar-refractivity contribution in [1.82, 2.24) is 9.88 Å². The van der Waals surface area contributed by atoms with E-state index in [-0.39, 0.29) is 5.91 Å². The van der Waals surface area contributed by atoms with Crippen LogP contribution in [0.2, 0.25) is 5.02 Å². The SMILES string of the molecule is Cc1ccc(NC(=O)c2ccc(-c3ncccc3Cl)cc2)cc1CCN(C)C. The molecule has 0 unspecified atom stereocenters. The van der Waals surface area contributed by atoms with Crippen molar-refractivity contribution in [3.05, 3.63) is 82.5 Å². The van der Waals surface area contributed by atoms with Gasteiger partial charge in [0, 0.05) is 29.6 Å². The topological polar surface area (TPSA) is 45.2 Å². The largest absolute Gasteiger partial charge is 0.322 e. The Labute approximate surface area is 171 Å². The van der Waals surface area contributed by atoms with Crippen LogP contribution in [0.25, 0.3) is 11.3 Å². The van der Waals surface area contributed by atoms with Gasteiger partial charge >= 0.3 is 0 Å². The number of hydrogen-bond donors (Lipinski definition) is 1. The fraction of sp³-hybridized carbons (Fsp3) is 0.217. The average Bonchev–Trinajstić information content (AvgIpc) is 2.69. The quantitative estimate of drug-likeness (QED) is 0.636. The van der Waals surface area contributed by atoms with Gasteiger partial charge < -0.3 is 10.2 Å². The highest BCUT2D eigenvalue weighted by Crippen LogP contribution is 2.25. The molecule has 0 fully saturated rings. The summed E-state index contributed by atoms with van der Waals surface area (Å²) in [5, 5.41) is 3.58. The van der Waals surface area contributed by atoms with Gasteiger partial charge in [0.2, 0.25) is 0 Å². The number of carbonyl (C=O) groups is 1. The molecule has 4 nitrogen and oxygen atoms in total. The Hall–Kier alpha value is -2.69. The number of nitrogens with zero attached hydrogens (tertiary/aromatic N) is 2. The molecule has 1 amide bonds. The Morgan fingerprint density at radius 3 is 2.54 bits per heavy atom. The maximum Gasteiger partial charge on any atom is 0.255 e. The highest BCUT2D eigenvalue weighted by molar-refractivity contribution is 6.33. The van der Waals surface area contributed by atoms with Crippen molar-refractivity contribution in [2.24, 2.45) is 0 Å².